The summed E-state index contributed by atoms with van der Waals surface area (Å²) in [5.74, 6) is -0.995. The van der Waals surface area contributed by atoms with Gasteiger partial charge in [0.1, 0.15) is 0 Å². The largest absolute Gasteiger partial charge is 0.417 e. The summed E-state index contributed by atoms with van der Waals surface area (Å²) >= 11 is 0. The van der Waals surface area contributed by atoms with E-state index in [4.69, 9.17) is 0 Å². The Bertz CT molecular complexity index is 950. The number of benzene rings is 1. The maximum Gasteiger partial charge on any atom is 0.417 e. The van der Waals surface area contributed by atoms with Gasteiger partial charge >= 0.3 is 12.4 Å². The third-order valence-electron chi connectivity index (χ3n) is 5.90. The lowest BCUT2D eigenvalue weighted by Gasteiger charge is -2.42. The molecule has 188 valence electrons. The number of hydrogen-bond donors (Lipinski definition) is 1. The van der Waals surface area contributed by atoms with Crippen LogP contribution in [0.5, 0.6) is 0 Å². The number of nitrogens with zero attached hydrogens (tertiary/aromatic N) is 1. The molecule has 0 atom stereocenters. The first-order chi connectivity index (χ1) is 15.0. The van der Waals surface area contributed by atoms with Crippen LogP contribution < -0.4 is 5.32 Å². The lowest BCUT2D eigenvalue weighted by atomic mass is 9.73. The molecule has 1 N–H and O–H groups in total. The standard InChI is InChI=1S/C21H28F6N2O3S/c1-4-33(31,32)29-9-7-19(8-10-29,12-14(2)3)13-28-18(30)16-6-5-15(20(22,23)24)11-17(16)21(25,26)27/h5-6,11,14H,4,7-10,12-13H2,1-3H3,(H,28,30). The average molecular weight is 503 g/mol. The fourth-order valence-corrected chi connectivity index (χ4v) is 5.36. The topological polar surface area (TPSA) is 66.5 Å². The number of amides is 1. The second-order valence-electron chi connectivity index (χ2n) is 8.84. The number of carbonyl (C=O) groups is 1. The van der Waals surface area contributed by atoms with Crippen LogP contribution in [0.2, 0.25) is 0 Å². The molecule has 1 saturated heterocycles. The van der Waals surface area contributed by atoms with Gasteiger partial charge in [-0.1, -0.05) is 13.8 Å². The van der Waals surface area contributed by atoms with Gasteiger partial charge in [0.25, 0.3) is 5.91 Å². The quantitative estimate of drug-likeness (QED) is 0.538. The minimum atomic E-state index is -5.15. The monoisotopic (exact) mass is 502 g/mol. The molecule has 1 amide bonds. The summed E-state index contributed by atoms with van der Waals surface area (Å²) in [6.07, 6.45) is -8.72. The van der Waals surface area contributed by atoms with E-state index in [1.807, 2.05) is 13.8 Å². The first-order valence-corrected chi connectivity index (χ1v) is 12.2. The molecule has 1 aliphatic heterocycles. The van der Waals surface area contributed by atoms with Crippen molar-refractivity contribution in [3.63, 3.8) is 0 Å². The Balaban J connectivity index is 2.25. The molecular formula is C21H28F6N2O3S. The molecule has 0 saturated carbocycles. The summed E-state index contributed by atoms with van der Waals surface area (Å²) in [6.45, 7) is 5.86. The highest BCUT2D eigenvalue weighted by Gasteiger charge is 2.41. The fourth-order valence-electron chi connectivity index (χ4n) is 4.26. The smallest absolute Gasteiger partial charge is 0.351 e. The minimum Gasteiger partial charge on any atom is -0.351 e. The van der Waals surface area contributed by atoms with Gasteiger partial charge in [-0.25, -0.2) is 12.7 Å². The number of alkyl halides is 6. The molecule has 1 fully saturated rings. The van der Waals surface area contributed by atoms with Crippen molar-refractivity contribution < 1.29 is 39.6 Å². The minimum absolute atomic E-state index is 0.0116. The molecule has 0 aliphatic carbocycles. The second-order valence-corrected chi connectivity index (χ2v) is 11.1. The van der Waals surface area contributed by atoms with E-state index in [0.717, 1.165) is 0 Å². The molecule has 0 unspecified atom stereocenters. The third kappa shape index (κ3) is 6.84. The van der Waals surface area contributed by atoms with Crippen molar-refractivity contribution in [2.24, 2.45) is 11.3 Å². The number of carbonyl (C=O) groups excluding carboxylic acids is 1. The first-order valence-electron chi connectivity index (χ1n) is 10.6. The van der Waals surface area contributed by atoms with Crippen LogP contribution in [0.1, 0.15) is 61.5 Å². The average Bonchev–Trinajstić information content (AvgIpc) is 2.70. The van der Waals surface area contributed by atoms with E-state index in [1.165, 1.54) is 11.2 Å². The normalized spacial score (nSPS) is 17.9. The van der Waals surface area contributed by atoms with Gasteiger partial charge in [0, 0.05) is 19.6 Å². The summed E-state index contributed by atoms with van der Waals surface area (Å²) < 4.78 is 104. The van der Waals surface area contributed by atoms with Crippen molar-refractivity contribution in [1.82, 2.24) is 9.62 Å². The Morgan fingerprint density at radius 2 is 1.67 bits per heavy atom. The van der Waals surface area contributed by atoms with Crippen LogP contribution >= 0.6 is 0 Å². The molecule has 0 spiro atoms. The van der Waals surface area contributed by atoms with E-state index in [0.29, 0.717) is 31.4 Å². The fraction of sp³-hybridized carbons (Fsp3) is 0.667. The Kier molecular flexibility index (Phi) is 8.15. The highest BCUT2D eigenvalue weighted by atomic mass is 32.2. The van der Waals surface area contributed by atoms with Crippen molar-refractivity contribution in [3.8, 4) is 0 Å². The zero-order valence-electron chi connectivity index (χ0n) is 18.6. The number of nitrogens with one attached hydrogen (secondary N) is 1. The zero-order valence-corrected chi connectivity index (χ0v) is 19.4. The van der Waals surface area contributed by atoms with Crippen molar-refractivity contribution in [1.29, 1.82) is 0 Å². The predicted molar refractivity (Wildman–Crippen MR) is 111 cm³/mol. The molecule has 33 heavy (non-hydrogen) atoms. The Hall–Kier alpha value is -1.82. The van der Waals surface area contributed by atoms with E-state index in [1.54, 1.807) is 0 Å². The molecule has 0 radical (unpaired) electrons. The van der Waals surface area contributed by atoms with Gasteiger partial charge in [0.2, 0.25) is 10.0 Å². The Morgan fingerprint density at radius 3 is 2.12 bits per heavy atom. The molecule has 1 aromatic carbocycles. The summed E-state index contributed by atoms with van der Waals surface area (Å²) in [7, 11) is -3.38. The van der Waals surface area contributed by atoms with Crippen LogP contribution in [0.25, 0.3) is 0 Å². The SMILES string of the molecule is CCS(=O)(=O)N1CCC(CNC(=O)c2ccc(C(F)(F)F)cc2C(F)(F)F)(CC(C)C)CC1. The number of hydrogen-bond acceptors (Lipinski definition) is 3. The van der Waals surface area contributed by atoms with Crippen LogP contribution in [0.4, 0.5) is 26.3 Å². The summed E-state index contributed by atoms with van der Waals surface area (Å²) in [6, 6.07) is 0.918. The van der Waals surface area contributed by atoms with Gasteiger partial charge in [-0.05, 0) is 55.7 Å². The third-order valence-corrected chi connectivity index (χ3v) is 7.78. The molecular weight excluding hydrogens is 474 g/mol. The van der Waals surface area contributed by atoms with Crippen molar-refractivity contribution in [2.75, 3.05) is 25.4 Å². The molecule has 1 aromatic rings. The van der Waals surface area contributed by atoms with Crippen LogP contribution in [0.3, 0.4) is 0 Å². The lowest BCUT2D eigenvalue weighted by Crippen LogP contribution is -2.48. The summed E-state index contributed by atoms with van der Waals surface area (Å²) in [5.41, 5.74) is -4.57. The van der Waals surface area contributed by atoms with Gasteiger partial charge in [-0.2, -0.15) is 26.3 Å². The second kappa shape index (κ2) is 9.81. The first kappa shape index (κ1) is 27.4. The lowest BCUT2D eigenvalue weighted by molar-refractivity contribution is -0.143. The maximum atomic E-state index is 13.4. The summed E-state index contributed by atoms with van der Waals surface area (Å²) in [4.78, 5) is 12.6. The van der Waals surface area contributed by atoms with Crippen LogP contribution in [-0.4, -0.2) is 44.0 Å². The van der Waals surface area contributed by atoms with E-state index < -0.39 is 50.4 Å². The molecule has 5 nitrogen and oxygen atoms in total. The van der Waals surface area contributed by atoms with Crippen LogP contribution in [0.15, 0.2) is 18.2 Å². The molecule has 1 heterocycles. The van der Waals surface area contributed by atoms with Gasteiger partial charge in [0.05, 0.1) is 22.4 Å². The van der Waals surface area contributed by atoms with Crippen LogP contribution in [0, 0.1) is 11.3 Å². The number of rotatable bonds is 7. The number of sulfonamides is 1. The maximum absolute atomic E-state index is 13.4. The van der Waals surface area contributed by atoms with Crippen molar-refractivity contribution >= 4 is 15.9 Å². The summed E-state index contributed by atoms with van der Waals surface area (Å²) in [5, 5.41) is 2.46. The molecule has 2 rings (SSSR count). The molecule has 0 bridgehead atoms. The van der Waals surface area contributed by atoms with E-state index >= 15 is 0 Å². The highest BCUT2D eigenvalue weighted by Crippen LogP contribution is 2.39. The van der Waals surface area contributed by atoms with Crippen molar-refractivity contribution in [3.05, 3.63) is 34.9 Å². The van der Waals surface area contributed by atoms with Gasteiger partial charge in [-0.15, -0.1) is 0 Å². The molecule has 0 aromatic heterocycles. The number of halogens is 6. The Morgan fingerprint density at radius 1 is 1.09 bits per heavy atom. The van der Waals surface area contributed by atoms with E-state index in [2.05, 4.69) is 5.32 Å². The van der Waals surface area contributed by atoms with Gasteiger partial charge in [-0.3, -0.25) is 4.79 Å². The predicted octanol–water partition coefficient (Wildman–Crippen LogP) is 4.93. The number of piperidine rings is 1. The Labute approximate surface area is 189 Å². The molecule has 12 heteroatoms. The van der Waals surface area contributed by atoms with Gasteiger partial charge < -0.3 is 5.32 Å². The van der Waals surface area contributed by atoms with Crippen molar-refractivity contribution in [2.45, 2.75) is 52.4 Å². The molecule has 1 aliphatic rings. The van der Waals surface area contributed by atoms with E-state index in [-0.39, 0.29) is 37.4 Å². The van der Waals surface area contributed by atoms with E-state index in [9.17, 15) is 39.6 Å². The highest BCUT2D eigenvalue weighted by molar-refractivity contribution is 7.89. The zero-order chi connectivity index (χ0) is 25.2. The van der Waals surface area contributed by atoms with Gasteiger partial charge in [0.15, 0.2) is 0 Å². The van der Waals surface area contributed by atoms with Crippen LogP contribution in [-0.2, 0) is 22.4 Å².